The molecular formula is C39H40FN7O4. The molecule has 5 heterocycles. The van der Waals surface area contributed by atoms with E-state index in [1.165, 1.54) is 15.2 Å². The predicted octanol–water partition coefficient (Wildman–Crippen LogP) is 5.12. The molecule has 0 spiro atoms. The van der Waals surface area contributed by atoms with Gasteiger partial charge in [0.05, 0.1) is 36.2 Å². The Labute approximate surface area is 293 Å². The van der Waals surface area contributed by atoms with Crippen molar-refractivity contribution in [3.8, 4) is 22.6 Å². The van der Waals surface area contributed by atoms with Crippen LogP contribution in [0.3, 0.4) is 0 Å². The number of fused-ring (bicyclic) bond motifs is 2. The topological polar surface area (TPSA) is 119 Å². The van der Waals surface area contributed by atoms with Crippen molar-refractivity contribution in [2.24, 2.45) is 0 Å². The lowest BCUT2D eigenvalue weighted by Gasteiger charge is -2.30. The van der Waals surface area contributed by atoms with Crippen LogP contribution in [0.1, 0.15) is 48.7 Å². The Kier molecular flexibility index (Phi) is 8.97. The van der Waals surface area contributed by atoms with Crippen molar-refractivity contribution in [3.63, 3.8) is 0 Å². The van der Waals surface area contributed by atoms with Gasteiger partial charge < -0.3 is 19.6 Å². The SMILES string of the molecule is Cc1c(CN[C@H]2CC[C@@H](n3c(=O)c4cc(F)cnc4n(-c4cccc(-c5ccc(O)cc5CN5CCOCC5)c4)c3=O)CC2)nc2ccccn12. The third-order valence-corrected chi connectivity index (χ3v) is 10.4. The molecule has 0 atom stereocenters. The smallest absolute Gasteiger partial charge is 0.337 e. The minimum absolute atomic E-state index is 0.0558. The Balaban J connectivity index is 1.10. The van der Waals surface area contributed by atoms with Crippen molar-refractivity contribution in [2.75, 3.05) is 26.3 Å². The van der Waals surface area contributed by atoms with Gasteiger partial charge in [0.15, 0.2) is 5.65 Å². The van der Waals surface area contributed by atoms with Crippen molar-refractivity contribution >= 4 is 16.7 Å². The van der Waals surface area contributed by atoms with Crippen molar-refractivity contribution in [3.05, 3.63) is 123 Å². The second kappa shape index (κ2) is 13.9. The summed E-state index contributed by atoms with van der Waals surface area (Å²) in [5.41, 5.74) is 5.29. The zero-order valence-corrected chi connectivity index (χ0v) is 28.5. The standard InChI is InChI=1S/C39H40FN7O4/c1-25-35(43-36-7-2-3-14-45(25)36)23-41-29-8-10-30(11-9-29)47-38(49)34-21-28(40)22-42-37(34)46(39(47)50)31-6-4-5-26(19-31)33-13-12-32(48)20-27(33)24-44-15-17-51-18-16-44/h2-7,12-14,19-22,29-30,41,48H,8-11,15-18,23-24H2,1H3/t29-,30+. The summed E-state index contributed by atoms with van der Waals surface area (Å²) in [6.07, 6.45) is 5.81. The van der Waals surface area contributed by atoms with Crippen LogP contribution in [0.5, 0.6) is 5.75 Å². The highest BCUT2D eigenvalue weighted by atomic mass is 19.1. The molecule has 6 aromatic rings. The quantitative estimate of drug-likeness (QED) is 0.226. The summed E-state index contributed by atoms with van der Waals surface area (Å²) in [6, 6.07) is 19.8. The fourth-order valence-corrected chi connectivity index (χ4v) is 7.66. The Morgan fingerprint density at radius 2 is 1.80 bits per heavy atom. The molecule has 2 fully saturated rings. The highest BCUT2D eigenvalue weighted by Crippen LogP contribution is 2.31. The number of aromatic nitrogens is 5. The maximum Gasteiger partial charge on any atom is 0.337 e. The summed E-state index contributed by atoms with van der Waals surface area (Å²) in [6.45, 7) is 6.21. The van der Waals surface area contributed by atoms with Gasteiger partial charge in [-0.2, -0.15) is 0 Å². The number of rotatable bonds is 8. The van der Waals surface area contributed by atoms with Crippen molar-refractivity contribution in [2.45, 2.75) is 57.8 Å². The molecule has 2 N–H and O–H groups in total. The van der Waals surface area contributed by atoms with Gasteiger partial charge in [-0.15, -0.1) is 0 Å². The summed E-state index contributed by atoms with van der Waals surface area (Å²) in [5, 5.41) is 14.1. The van der Waals surface area contributed by atoms with Gasteiger partial charge >= 0.3 is 5.69 Å². The van der Waals surface area contributed by atoms with E-state index in [-0.39, 0.29) is 28.9 Å². The molecule has 0 radical (unpaired) electrons. The number of imidazole rings is 1. The van der Waals surface area contributed by atoms with Crippen LogP contribution in [0.25, 0.3) is 33.5 Å². The Morgan fingerprint density at radius 1 is 0.980 bits per heavy atom. The number of benzene rings is 2. The largest absolute Gasteiger partial charge is 0.508 e. The van der Waals surface area contributed by atoms with Gasteiger partial charge in [-0.3, -0.25) is 14.3 Å². The number of morpholine rings is 1. The molecule has 2 aliphatic rings. The molecule has 0 unspecified atom stereocenters. The summed E-state index contributed by atoms with van der Waals surface area (Å²) < 4.78 is 24.9. The van der Waals surface area contributed by atoms with E-state index in [1.807, 2.05) is 48.7 Å². The van der Waals surface area contributed by atoms with E-state index < -0.39 is 17.1 Å². The van der Waals surface area contributed by atoms with Crippen LogP contribution in [0.4, 0.5) is 4.39 Å². The van der Waals surface area contributed by atoms with E-state index in [0.29, 0.717) is 44.8 Å². The van der Waals surface area contributed by atoms with Crippen molar-refractivity contribution in [1.29, 1.82) is 0 Å². The highest BCUT2D eigenvalue weighted by molar-refractivity contribution is 5.77. The Bertz CT molecular complexity index is 2350. The molecule has 4 aromatic heterocycles. The molecule has 0 amide bonds. The third kappa shape index (κ3) is 6.46. The van der Waals surface area contributed by atoms with Gasteiger partial charge in [0.2, 0.25) is 0 Å². The number of aryl methyl sites for hydroxylation is 1. The number of phenols is 1. The second-order valence-corrected chi connectivity index (χ2v) is 13.6. The lowest BCUT2D eigenvalue weighted by Crippen LogP contribution is -2.44. The molecule has 1 aliphatic carbocycles. The summed E-state index contributed by atoms with van der Waals surface area (Å²) >= 11 is 0. The molecule has 0 bridgehead atoms. The Hall–Kier alpha value is -5.17. The van der Waals surface area contributed by atoms with E-state index in [0.717, 1.165) is 65.9 Å². The zero-order chi connectivity index (χ0) is 35.1. The van der Waals surface area contributed by atoms with Crippen LogP contribution in [0.2, 0.25) is 0 Å². The summed E-state index contributed by atoms with van der Waals surface area (Å²) in [7, 11) is 0. The number of nitrogens with zero attached hydrogens (tertiary/aromatic N) is 6. The first kappa shape index (κ1) is 33.0. The molecular weight excluding hydrogens is 649 g/mol. The summed E-state index contributed by atoms with van der Waals surface area (Å²) in [4.78, 5) is 39.7. The lowest BCUT2D eigenvalue weighted by molar-refractivity contribution is 0.0342. The van der Waals surface area contributed by atoms with Crippen LogP contribution in [0, 0.1) is 12.7 Å². The summed E-state index contributed by atoms with van der Waals surface area (Å²) in [5.74, 6) is -0.467. The Morgan fingerprint density at radius 3 is 2.61 bits per heavy atom. The third-order valence-electron chi connectivity index (χ3n) is 10.4. The molecule has 1 saturated heterocycles. The molecule has 8 rings (SSSR count). The number of aromatic hydroxyl groups is 1. The zero-order valence-electron chi connectivity index (χ0n) is 28.5. The molecule has 12 heteroatoms. The van der Waals surface area contributed by atoms with Crippen LogP contribution < -0.4 is 16.6 Å². The molecule has 11 nitrogen and oxygen atoms in total. The fraction of sp³-hybridized carbons (Fsp3) is 0.333. The number of halogens is 1. The first-order chi connectivity index (χ1) is 24.8. The van der Waals surface area contributed by atoms with E-state index >= 15 is 0 Å². The number of pyridine rings is 2. The van der Waals surface area contributed by atoms with Gasteiger partial charge in [0, 0.05) is 50.2 Å². The second-order valence-electron chi connectivity index (χ2n) is 13.6. The maximum atomic E-state index is 14.6. The van der Waals surface area contributed by atoms with Crippen LogP contribution in [0.15, 0.2) is 88.7 Å². The number of phenolic OH excluding ortho intramolecular Hbond substituents is 1. The average molecular weight is 690 g/mol. The van der Waals surface area contributed by atoms with Crippen LogP contribution in [-0.4, -0.2) is 65.9 Å². The average Bonchev–Trinajstić information content (AvgIpc) is 3.47. The van der Waals surface area contributed by atoms with E-state index in [9.17, 15) is 19.1 Å². The molecule has 1 aliphatic heterocycles. The highest BCUT2D eigenvalue weighted by Gasteiger charge is 2.28. The van der Waals surface area contributed by atoms with Gasteiger partial charge in [-0.25, -0.2) is 23.7 Å². The van der Waals surface area contributed by atoms with Crippen LogP contribution >= 0.6 is 0 Å². The molecule has 2 aromatic carbocycles. The number of nitrogens with one attached hydrogen (secondary N) is 1. The van der Waals surface area contributed by atoms with Gasteiger partial charge in [-0.05, 0) is 91.8 Å². The number of ether oxygens (including phenoxy) is 1. The predicted molar refractivity (Wildman–Crippen MR) is 193 cm³/mol. The normalized spacial score (nSPS) is 18.5. The minimum Gasteiger partial charge on any atom is -0.508 e. The van der Waals surface area contributed by atoms with Crippen molar-refractivity contribution in [1.82, 2.24) is 33.7 Å². The molecule has 262 valence electrons. The van der Waals surface area contributed by atoms with Crippen LogP contribution in [-0.2, 0) is 17.8 Å². The maximum absolute atomic E-state index is 14.6. The van der Waals surface area contributed by atoms with Gasteiger partial charge in [-0.1, -0.05) is 24.3 Å². The van der Waals surface area contributed by atoms with E-state index in [2.05, 4.69) is 26.5 Å². The van der Waals surface area contributed by atoms with Gasteiger partial charge in [0.25, 0.3) is 5.56 Å². The van der Waals surface area contributed by atoms with Crippen molar-refractivity contribution < 1.29 is 14.2 Å². The van der Waals surface area contributed by atoms with E-state index in [1.54, 1.807) is 18.2 Å². The van der Waals surface area contributed by atoms with E-state index in [4.69, 9.17) is 9.72 Å². The molecule has 51 heavy (non-hydrogen) atoms. The lowest BCUT2D eigenvalue weighted by atomic mass is 9.91. The fourth-order valence-electron chi connectivity index (χ4n) is 7.66. The first-order valence-corrected chi connectivity index (χ1v) is 17.6. The first-order valence-electron chi connectivity index (χ1n) is 17.6. The monoisotopic (exact) mass is 689 g/mol. The number of hydrogen-bond donors (Lipinski definition) is 2. The minimum atomic E-state index is -0.642. The van der Waals surface area contributed by atoms with Gasteiger partial charge in [0.1, 0.15) is 17.2 Å². The molecule has 1 saturated carbocycles. The number of hydrogen-bond acceptors (Lipinski definition) is 8.